The first kappa shape index (κ1) is 15.5. The Balaban J connectivity index is 2.15. The molecule has 1 aromatic rings. The zero-order valence-corrected chi connectivity index (χ0v) is 12.2. The van der Waals surface area contributed by atoms with Crippen molar-refractivity contribution >= 4 is 11.9 Å². The Hall–Kier alpha value is -1.89. The number of rotatable bonds is 7. The van der Waals surface area contributed by atoms with Crippen LogP contribution in [0.2, 0.25) is 0 Å². The lowest BCUT2D eigenvalue weighted by Gasteiger charge is -2.22. The molecule has 1 saturated carbocycles. The summed E-state index contributed by atoms with van der Waals surface area (Å²) in [6.45, 7) is 0.214. The van der Waals surface area contributed by atoms with Gasteiger partial charge in [0.05, 0.1) is 12.6 Å². The average Bonchev–Trinajstić information content (AvgIpc) is 3.11. The van der Waals surface area contributed by atoms with Crippen molar-refractivity contribution in [3.8, 4) is 0 Å². The van der Waals surface area contributed by atoms with Gasteiger partial charge in [-0.2, -0.15) is 5.10 Å². The summed E-state index contributed by atoms with van der Waals surface area (Å²) in [7, 11) is 1.52. The van der Waals surface area contributed by atoms with Gasteiger partial charge in [-0.1, -0.05) is 12.8 Å². The van der Waals surface area contributed by atoms with Crippen LogP contribution in [0.4, 0.5) is 0 Å². The molecule has 1 aromatic heterocycles. The van der Waals surface area contributed by atoms with Crippen LogP contribution < -0.4 is 0 Å². The first-order chi connectivity index (χ1) is 10.1. The molecule has 1 amide bonds. The third-order valence-electron chi connectivity index (χ3n) is 3.74. The van der Waals surface area contributed by atoms with Crippen molar-refractivity contribution in [3.63, 3.8) is 0 Å². The first-order valence-corrected chi connectivity index (χ1v) is 7.17. The van der Waals surface area contributed by atoms with Gasteiger partial charge >= 0.3 is 5.97 Å². The van der Waals surface area contributed by atoms with Gasteiger partial charge in [-0.3, -0.25) is 14.3 Å². The highest BCUT2D eigenvalue weighted by molar-refractivity contribution is 5.94. The fraction of sp³-hybridized carbons (Fsp3) is 0.643. The Morgan fingerprint density at radius 1 is 1.48 bits per heavy atom. The fourth-order valence-corrected chi connectivity index (χ4v) is 2.70. The fourth-order valence-electron chi connectivity index (χ4n) is 2.70. The van der Waals surface area contributed by atoms with Crippen LogP contribution in [0.1, 0.15) is 42.2 Å². The van der Waals surface area contributed by atoms with Crippen LogP contribution in [0, 0.1) is 0 Å². The van der Waals surface area contributed by atoms with E-state index in [9.17, 15) is 9.59 Å². The van der Waals surface area contributed by atoms with Crippen LogP contribution in [0.5, 0.6) is 0 Å². The molecule has 1 heterocycles. The molecule has 7 heteroatoms. The molecular formula is C14H21N3O4. The van der Waals surface area contributed by atoms with Crippen molar-refractivity contribution in [2.24, 2.45) is 0 Å². The summed E-state index contributed by atoms with van der Waals surface area (Å²) >= 11 is 0. The predicted octanol–water partition coefficient (Wildman–Crippen LogP) is 1.17. The summed E-state index contributed by atoms with van der Waals surface area (Å²) in [5.74, 6) is -1.34. The highest BCUT2D eigenvalue weighted by Gasteiger charge is 2.26. The lowest BCUT2D eigenvalue weighted by Crippen LogP contribution is -2.39. The lowest BCUT2D eigenvalue weighted by atomic mass is 10.2. The minimum Gasteiger partial charge on any atom is -0.480 e. The van der Waals surface area contributed by atoms with Crippen molar-refractivity contribution in [2.45, 2.75) is 31.7 Å². The maximum absolute atomic E-state index is 12.6. The molecule has 21 heavy (non-hydrogen) atoms. The van der Waals surface area contributed by atoms with Crippen LogP contribution in [0.25, 0.3) is 0 Å². The van der Waals surface area contributed by atoms with Crippen LogP contribution in [0.15, 0.2) is 12.3 Å². The summed E-state index contributed by atoms with van der Waals surface area (Å²) in [4.78, 5) is 24.8. The minimum absolute atomic E-state index is 0.244. The number of aromatic nitrogens is 2. The van der Waals surface area contributed by atoms with E-state index in [2.05, 4.69) is 5.10 Å². The Morgan fingerprint density at radius 2 is 2.19 bits per heavy atom. The van der Waals surface area contributed by atoms with Gasteiger partial charge in [-0.15, -0.1) is 0 Å². The number of carbonyl (C=O) groups is 2. The van der Waals surface area contributed by atoms with E-state index >= 15 is 0 Å². The molecule has 116 valence electrons. The molecule has 0 aromatic carbocycles. The lowest BCUT2D eigenvalue weighted by molar-refractivity contribution is -0.137. The Morgan fingerprint density at radius 3 is 2.81 bits per heavy atom. The first-order valence-electron chi connectivity index (χ1n) is 7.17. The van der Waals surface area contributed by atoms with Crippen molar-refractivity contribution in [2.75, 3.05) is 26.8 Å². The van der Waals surface area contributed by atoms with Gasteiger partial charge in [0.15, 0.2) is 0 Å². The van der Waals surface area contributed by atoms with Gasteiger partial charge in [0, 0.05) is 19.9 Å². The average molecular weight is 295 g/mol. The molecule has 0 unspecified atom stereocenters. The molecule has 1 aliphatic carbocycles. The third-order valence-corrected chi connectivity index (χ3v) is 3.74. The SMILES string of the molecule is COCCN(CC(=O)O)C(=O)c1ccnn1C1CCCC1. The number of hydrogen-bond donors (Lipinski definition) is 1. The number of ether oxygens (including phenoxy) is 1. The summed E-state index contributed by atoms with van der Waals surface area (Å²) in [6, 6.07) is 1.90. The second-order valence-corrected chi connectivity index (χ2v) is 5.21. The molecular weight excluding hydrogens is 274 g/mol. The molecule has 0 atom stereocenters. The van der Waals surface area contributed by atoms with Gasteiger partial charge in [-0.25, -0.2) is 0 Å². The van der Waals surface area contributed by atoms with Gasteiger partial charge in [0.25, 0.3) is 5.91 Å². The largest absolute Gasteiger partial charge is 0.480 e. The quantitative estimate of drug-likeness (QED) is 0.816. The number of nitrogens with zero attached hydrogens (tertiary/aromatic N) is 3. The smallest absolute Gasteiger partial charge is 0.323 e. The van der Waals surface area contributed by atoms with Gasteiger partial charge in [0.2, 0.25) is 0 Å². The van der Waals surface area contributed by atoms with E-state index in [0.29, 0.717) is 12.3 Å². The Bertz CT molecular complexity index is 494. The molecule has 7 nitrogen and oxygen atoms in total. The van der Waals surface area contributed by atoms with E-state index in [1.807, 2.05) is 0 Å². The summed E-state index contributed by atoms with van der Waals surface area (Å²) in [5.41, 5.74) is 0.458. The zero-order chi connectivity index (χ0) is 15.2. The summed E-state index contributed by atoms with van der Waals surface area (Å²) < 4.78 is 6.69. The number of methoxy groups -OCH3 is 1. The van der Waals surface area contributed by atoms with E-state index < -0.39 is 5.97 Å². The van der Waals surface area contributed by atoms with Gasteiger partial charge in [0.1, 0.15) is 12.2 Å². The van der Waals surface area contributed by atoms with Gasteiger partial charge < -0.3 is 14.7 Å². The van der Waals surface area contributed by atoms with Crippen molar-refractivity contribution in [1.82, 2.24) is 14.7 Å². The Labute approximate surface area is 123 Å². The molecule has 0 aliphatic heterocycles. The number of carboxylic acid groups (broad SMARTS) is 1. The van der Waals surface area contributed by atoms with E-state index in [4.69, 9.17) is 9.84 Å². The van der Waals surface area contributed by atoms with Crippen molar-refractivity contribution in [1.29, 1.82) is 0 Å². The molecule has 1 aliphatic rings. The molecule has 0 saturated heterocycles. The topological polar surface area (TPSA) is 84.7 Å². The maximum Gasteiger partial charge on any atom is 0.323 e. The number of carboxylic acids is 1. The minimum atomic E-state index is -1.04. The second-order valence-electron chi connectivity index (χ2n) is 5.21. The van der Waals surface area contributed by atoms with E-state index in [0.717, 1.165) is 25.7 Å². The molecule has 2 rings (SSSR count). The molecule has 0 spiro atoms. The number of aliphatic carboxylic acids is 1. The number of carbonyl (C=O) groups excluding carboxylic acids is 1. The molecule has 0 radical (unpaired) electrons. The number of amides is 1. The van der Waals surface area contributed by atoms with Crippen LogP contribution in [-0.2, 0) is 9.53 Å². The van der Waals surface area contributed by atoms with E-state index in [1.165, 1.54) is 12.0 Å². The van der Waals surface area contributed by atoms with Crippen molar-refractivity contribution < 1.29 is 19.4 Å². The normalized spacial score (nSPS) is 15.3. The van der Waals surface area contributed by atoms with Crippen LogP contribution in [0.3, 0.4) is 0 Å². The highest BCUT2D eigenvalue weighted by Crippen LogP contribution is 2.30. The van der Waals surface area contributed by atoms with Gasteiger partial charge in [-0.05, 0) is 18.9 Å². The van der Waals surface area contributed by atoms with E-state index in [1.54, 1.807) is 16.9 Å². The molecule has 1 N–H and O–H groups in total. The van der Waals surface area contributed by atoms with Crippen LogP contribution in [-0.4, -0.2) is 58.5 Å². The highest BCUT2D eigenvalue weighted by atomic mass is 16.5. The van der Waals surface area contributed by atoms with Crippen molar-refractivity contribution in [3.05, 3.63) is 18.0 Å². The third kappa shape index (κ3) is 3.81. The zero-order valence-electron chi connectivity index (χ0n) is 12.2. The molecule has 1 fully saturated rings. The monoisotopic (exact) mass is 295 g/mol. The van der Waals surface area contributed by atoms with E-state index in [-0.39, 0.29) is 25.0 Å². The van der Waals surface area contributed by atoms with Crippen LogP contribution >= 0.6 is 0 Å². The maximum atomic E-state index is 12.6. The summed E-state index contributed by atoms with van der Waals surface area (Å²) in [6.07, 6.45) is 5.90. The standard InChI is InChI=1S/C14H21N3O4/c1-21-9-8-16(10-13(18)19)14(20)12-6-7-15-17(12)11-4-2-3-5-11/h6-7,11H,2-5,8-10H2,1H3,(H,18,19). The number of hydrogen-bond acceptors (Lipinski definition) is 4. The summed E-state index contributed by atoms with van der Waals surface area (Å²) in [5, 5.41) is 13.2. The second kappa shape index (κ2) is 7.21. The predicted molar refractivity (Wildman–Crippen MR) is 75.1 cm³/mol. The Kier molecular flexibility index (Phi) is 5.32. The molecule has 0 bridgehead atoms.